The summed E-state index contributed by atoms with van der Waals surface area (Å²) in [6.07, 6.45) is 0.0539. The number of hydrogen-bond donors (Lipinski definition) is 2. The highest BCUT2D eigenvalue weighted by molar-refractivity contribution is 6.32. The normalized spacial score (nSPS) is 15.2. The van der Waals surface area contributed by atoms with Crippen molar-refractivity contribution < 1.29 is 5.11 Å². The molecule has 0 heterocycles. The van der Waals surface area contributed by atoms with Crippen molar-refractivity contribution in [3.8, 4) is 0 Å². The molecule has 0 fully saturated rings. The van der Waals surface area contributed by atoms with E-state index in [0.717, 1.165) is 17.5 Å². The highest BCUT2D eigenvalue weighted by atomic mass is 35.5. The first kappa shape index (κ1) is 11.5. The molecule has 3 N–H and O–H groups in total. The molecular weight excluding hydrogens is 198 g/mol. The molecule has 0 aliphatic rings. The zero-order valence-corrected chi connectivity index (χ0v) is 9.25. The maximum atomic E-state index is 9.88. The highest BCUT2D eigenvalue weighted by Crippen LogP contribution is 2.27. The summed E-state index contributed by atoms with van der Waals surface area (Å²) in [5, 5.41) is 10.5. The van der Waals surface area contributed by atoms with E-state index in [0.29, 0.717) is 5.02 Å². The summed E-state index contributed by atoms with van der Waals surface area (Å²) >= 11 is 6.07. The Morgan fingerprint density at radius 2 is 2.14 bits per heavy atom. The van der Waals surface area contributed by atoms with Crippen LogP contribution in [0, 0.1) is 6.92 Å². The van der Waals surface area contributed by atoms with Crippen LogP contribution >= 0.6 is 11.6 Å². The van der Waals surface area contributed by atoms with Gasteiger partial charge in [0.1, 0.15) is 0 Å². The van der Waals surface area contributed by atoms with Crippen molar-refractivity contribution in [1.29, 1.82) is 0 Å². The number of halogens is 1. The van der Waals surface area contributed by atoms with Crippen LogP contribution in [0.1, 0.15) is 30.6 Å². The van der Waals surface area contributed by atoms with Gasteiger partial charge in [-0.25, -0.2) is 0 Å². The van der Waals surface area contributed by atoms with Crippen LogP contribution in [-0.2, 0) is 0 Å². The van der Waals surface area contributed by atoms with E-state index >= 15 is 0 Å². The lowest BCUT2D eigenvalue weighted by Gasteiger charge is -2.19. The molecule has 1 aromatic rings. The maximum absolute atomic E-state index is 9.88. The predicted octanol–water partition coefficient (Wildman–Crippen LogP) is 2.42. The standard InChI is InChI=1S/C11H16ClNO/c1-3-9(13)11(14)8-6-4-5-7(2)10(8)12/h4-6,9,11,14H,3,13H2,1-2H3/t9-,11-/m0/s1. The van der Waals surface area contributed by atoms with E-state index < -0.39 is 6.10 Å². The SMILES string of the molecule is CC[C@H](N)[C@@H](O)c1cccc(C)c1Cl. The maximum Gasteiger partial charge on any atom is 0.0955 e. The van der Waals surface area contributed by atoms with Crippen molar-refractivity contribution in [2.45, 2.75) is 32.4 Å². The van der Waals surface area contributed by atoms with Crippen LogP contribution in [0.3, 0.4) is 0 Å². The van der Waals surface area contributed by atoms with Gasteiger partial charge in [-0.05, 0) is 18.9 Å². The first-order valence-electron chi connectivity index (χ1n) is 4.76. The highest BCUT2D eigenvalue weighted by Gasteiger charge is 2.18. The lowest BCUT2D eigenvalue weighted by atomic mass is 9.99. The fourth-order valence-corrected chi connectivity index (χ4v) is 1.59. The van der Waals surface area contributed by atoms with Crippen LogP contribution in [0.2, 0.25) is 5.02 Å². The smallest absolute Gasteiger partial charge is 0.0955 e. The van der Waals surface area contributed by atoms with Crippen LogP contribution < -0.4 is 5.73 Å². The number of hydrogen-bond acceptors (Lipinski definition) is 2. The molecule has 2 atom stereocenters. The van der Waals surface area contributed by atoms with E-state index in [1.54, 1.807) is 0 Å². The van der Waals surface area contributed by atoms with Gasteiger partial charge in [0.25, 0.3) is 0 Å². The molecule has 0 aromatic heterocycles. The van der Waals surface area contributed by atoms with Crippen molar-refractivity contribution in [2.75, 3.05) is 0 Å². The lowest BCUT2D eigenvalue weighted by Crippen LogP contribution is -2.27. The Balaban J connectivity index is 3.01. The van der Waals surface area contributed by atoms with E-state index in [9.17, 15) is 5.11 Å². The summed E-state index contributed by atoms with van der Waals surface area (Å²) < 4.78 is 0. The number of aliphatic hydroxyl groups is 1. The van der Waals surface area contributed by atoms with Gasteiger partial charge in [0.05, 0.1) is 6.10 Å². The minimum atomic E-state index is -0.674. The van der Waals surface area contributed by atoms with Crippen LogP contribution in [0.4, 0.5) is 0 Å². The fraction of sp³-hybridized carbons (Fsp3) is 0.455. The van der Waals surface area contributed by atoms with E-state index in [1.165, 1.54) is 0 Å². The van der Waals surface area contributed by atoms with Crippen molar-refractivity contribution >= 4 is 11.6 Å². The number of rotatable bonds is 3. The minimum absolute atomic E-state index is 0.255. The minimum Gasteiger partial charge on any atom is -0.387 e. The predicted molar refractivity (Wildman–Crippen MR) is 59.4 cm³/mol. The number of benzene rings is 1. The van der Waals surface area contributed by atoms with Gasteiger partial charge in [0, 0.05) is 16.6 Å². The lowest BCUT2D eigenvalue weighted by molar-refractivity contribution is 0.144. The molecule has 0 spiro atoms. The van der Waals surface area contributed by atoms with Crippen molar-refractivity contribution in [1.82, 2.24) is 0 Å². The summed E-state index contributed by atoms with van der Waals surface area (Å²) in [5.41, 5.74) is 7.45. The second kappa shape index (κ2) is 4.78. The topological polar surface area (TPSA) is 46.2 Å². The van der Waals surface area contributed by atoms with Gasteiger partial charge < -0.3 is 10.8 Å². The largest absolute Gasteiger partial charge is 0.387 e. The quantitative estimate of drug-likeness (QED) is 0.810. The van der Waals surface area contributed by atoms with Gasteiger partial charge in [-0.2, -0.15) is 0 Å². The molecule has 1 aromatic carbocycles. The van der Waals surface area contributed by atoms with Gasteiger partial charge in [-0.3, -0.25) is 0 Å². The number of aryl methyl sites for hydroxylation is 1. The molecule has 0 unspecified atom stereocenters. The summed E-state index contributed by atoms with van der Waals surface area (Å²) in [6, 6.07) is 5.35. The van der Waals surface area contributed by atoms with Crippen molar-refractivity contribution in [3.63, 3.8) is 0 Å². The Labute approximate surface area is 89.7 Å². The first-order chi connectivity index (χ1) is 6.57. The van der Waals surface area contributed by atoms with Gasteiger partial charge in [-0.1, -0.05) is 36.7 Å². The molecule has 14 heavy (non-hydrogen) atoms. The van der Waals surface area contributed by atoms with Crippen molar-refractivity contribution in [3.05, 3.63) is 34.3 Å². The van der Waals surface area contributed by atoms with Gasteiger partial charge in [-0.15, -0.1) is 0 Å². The average Bonchev–Trinajstić information content (AvgIpc) is 2.20. The molecule has 0 radical (unpaired) electrons. The van der Waals surface area contributed by atoms with E-state index in [1.807, 2.05) is 32.0 Å². The van der Waals surface area contributed by atoms with Crippen LogP contribution in [0.5, 0.6) is 0 Å². The van der Waals surface area contributed by atoms with Gasteiger partial charge in [0.15, 0.2) is 0 Å². The molecule has 0 aliphatic heterocycles. The monoisotopic (exact) mass is 213 g/mol. The van der Waals surface area contributed by atoms with Crippen LogP contribution in [0.25, 0.3) is 0 Å². The third-order valence-electron chi connectivity index (χ3n) is 2.42. The Hall–Kier alpha value is -0.570. The van der Waals surface area contributed by atoms with Crippen LogP contribution in [0.15, 0.2) is 18.2 Å². The molecule has 0 aliphatic carbocycles. The summed E-state index contributed by atoms with van der Waals surface area (Å²) in [5.74, 6) is 0. The van der Waals surface area contributed by atoms with E-state index in [4.69, 9.17) is 17.3 Å². The second-order valence-electron chi connectivity index (χ2n) is 3.50. The van der Waals surface area contributed by atoms with Crippen molar-refractivity contribution in [2.24, 2.45) is 5.73 Å². The summed E-state index contributed by atoms with van der Waals surface area (Å²) in [6.45, 7) is 3.85. The Bertz CT molecular complexity index is 314. The van der Waals surface area contributed by atoms with Crippen LogP contribution in [-0.4, -0.2) is 11.1 Å². The average molecular weight is 214 g/mol. The summed E-state index contributed by atoms with van der Waals surface area (Å²) in [7, 11) is 0. The molecular formula is C11H16ClNO. The zero-order chi connectivity index (χ0) is 10.7. The fourth-order valence-electron chi connectivity index (χ4n) is 1.35. The zero-order valence-electron chi connectivity index (χ0n) is 8.50. The number of nitrogens with two attached hydrogens (primary N) is 1. The molecule has 0 bridgehead atoms. The molecule has 0 saturated heterocycles. The first-order valence-corrected chi connectivity index (χ1v) is 5.14. The molecule has 2 nitrogen and oxygen atoms in total. The third kappa shape index (κ3) is 2.27. The molecule has 0 amide bonds. The molecule has 0 saturated carbocycles. The molecule has 3 heteroatoms. The Kier molecular flexibility index (Phi) is 3.93. The van der Waals surface area contributed by atoms with Gasteiger partial charge >= 0.3 is 0 Å². The second-order valence-corrected chi connectivity index (χ2v) is 3.87. The van der Waals surface area contributed by atoms with E-state index in [2.05, 4.69) is 0 Å². The molecule has 78 valence electrons. The molecule has 1 rings (SSSR count). The Morgan fingerprint density at radius 3 is 2.71 bits per heavy atom. The third-order valence-corrected chi connectivity index (χ3v) is 2.93. The Morgan fingerprint density at radius 1 is 1.50 bits per heavy atom. The summed E-state index contributed by atoms with van der Waals surface area (Å²) in [4.78, 5) is 0. The van der Waals surface area contributed by atoms with E-state index in [-0.39, 0.29) is 6.04 Å². The number of aliphatic hydroxyl groups excluding tert-OH is 1. The van der Waals surface area contributed by atoms with Gasteiger partial charge in [0.2, 0.25) is 0 Å².